The van der Waals surface area contributed by atoms with Crippen molar-refractivity contribution >= 4 is 17.9 Å². The van der Waals surface area contributed by atoms with E-state index in [-0.39, 0.29) is 41.9 Å². The third kappa shape index (κ3) is 3.11. The van der Waals surface area contributed by atoms with Gasteiger partial charge in [-0.25, -0.2) is 0 Å². The summed E-state index contributed by atoms with van der Waals surface area (Å²) >= 11 is 0. The molecule has 3 fully saturated rings. The van der Waals surface area contributed by atoms with Gasteiger partial charge in [-0.3, -0.25) is 14.4 Å². The van der Waals surface area contributed by atoms with E-state index in [0.717, 1.165) is 25.7 Å². The van der Waals surface area contributed by atoms with Crippen LogP contribution in [0.15, 0.2) is 23.0 Å². The minimum Gasteiger partial charge on any atom is -0.396 e. The molecule has 160 valence electrons. The van der Waals surface area contributed by atoms with Crippen molar-refractivity contribution in [2.24, 2.45) is 23.7 Å². The largest absolute Gasteiger partial charge is 0.396 e. The second-order valence-corrected chi connectivity index (χ2v) is 9.22. The predicted molar refractivity (Wildman–Crippen MR) is 111 cm³/mol. The molecule has 0 unspecified atom stereocenters. The third-order valence-corrected chi connectivity index (χ3v) is 7.17. The highest BCUT2D eigenvalue weighted by atomic mass is 16.3. The van der Waals surface area contributed by atoms with Crippen molar-refractivity contribution < 1.29 is 14.7 Å². The van der Waals surface area contributed by atoms with Crippen LogP contribution in [-0.2, 0) is 16.1 Å². The molecule has 2 amide bonds. The number of aliphatic hydroxyl groups is 1. The lowest BCUT2D eigenvalue weighted by atomic mass is 9.86. The van der Waals surface area contributed by atoms with E-state index in [9.17, 15) is 19.5 Å². The summed E-state index contributed by atoms with van der Waals surface area (Å²) in [5.74, 6) is -0.394. The summed E-state index contributed by atoms with van der Waals surface area (Å²) in [4.78, 5) is 41.4. The van der Waals surface area contributed by atoms with Crippen LogP contribution in [0.3, 0.4) is 0 Å². The number of aromatic nitrogens is 1. The van der Waals surface area contributed by atoms with Crippen LogP contribution in [-0.4, -0.2) is 45.6 Å². The number of pyridine rings is 1. The molecule has 2 saturated carbocycles. The second-order valence-electron chi connectivity index (χ2n) is 9.22. The first-order valence-corrected chi connectivity index (χ1v) is 11.1. The van der Waals surface area contributed by atoms with Gasteiger partial charge in [0.05, 0.1) is 18.0 Å². The number of carbonyl (C=O) groups excluding carboxylic acids is 2. The monoisotopic (exact) mass is 411 g/mol. The topological polar surface area (TPSA) is 91.6 Å². The molecule has 7 nitrogen and oxygen atoms in total. The average Bonchev–Trinajstić information content (AvgIpc) is 3.64. The highest BCUT2D eigenvalue weighted by Gasteiger charge is 2.58. The van der Waals surface area contributed by atoms with Gasteiger partial charge in [0.25, 0.3) is 5.56 Å². The molecule has 2 N–H and O–H groups in total. The molecule has 2 bridgehead atoms. The molecule has 1 aromatic heterocycles. The Bertz CT molecular complexity index is 960. The highest BCUT2D eigenvalue weighted by molar-refractivity contribution is 5.86. The Morgan fingerprint density at radius 1 is 1.23 bits per heavy atom. The first-order chi connectivity index (χ1) is 14.5. The zero-order valence-corrected chi connectivity index (χ0v) is 17.3. The molecule has 5 rings (SSSR count). The van der Waals surface area contributed by atoms with Crippen molar-refractivity contribution in [3.05, 3.63) is 39.8 Å². The average molecular weight is 412 g/mol. The molecular weight excluding hydrogens is 382 g/mol. The van der Waals surface area contributed by atoms with Crippen molar-refractivity contribution in [2.75, 3.05) is 13.2 Å². The van der Waals surface area contributed by atoms with Crippen LogP contribution < -0.4 is 10.9 Å². The van der Waals surface area contributed by atoms with Crippen molar-refractivity contribution in [3.63, 3.8) is 0 Å². The minimum absolute atomic E-state index is 0.0168. The zero-order chi connectivity index (χ0) is 21.0. The lowest BCUT2D eigenvalue weighted by molar-refractivity contribution is -0.138. The molecule has 1 aromatic rings. The summed E-state index contributed by atoms with van der Waals surface area (Å²) in [7, 11) is 0. The van der Waals surface area contributed by atoms with Gasteiger partial charge in [0, 0.05) is 42.8 Å². The smallest absolute Gasteiger partial charge is 0.258 e. The summed E-state index contributed by atoms with van der Waals surface area (Å²) in [6.45, 7) is 2.66. The fraction of sp³-hybridized carbons (Fsp3) is 0.609. The van der Waals surface area contributed by atoms with Gasteiger partial charge < -0.3 is 19.9 Å². The number of aliphatic hydroxyl groups excluding tert-OH is 1. The Kier molecular flexibility index (Phi) is 4.81. The molecule has 0 spiro atoms. The van der Waals surface area contributed by atoms with Crippen LogP contribution in [0, 0.1) is 23.7 Å². The van der Waals surface area contributed by atoms with E-state index < -0.39 is 12.0 Å². The Labute approximate surface area is 175 Å². The molecule has 30 heavy (non-hydrogen) atoms. The number of amides is 2. The summed E-state index contributed by atoms with van der Waals surface area (Å²) in [6, 6.07) is 2.82. The molecule has 4 aliphatic rings. The molecule has 0 radical (unpaired) electrons. The van der Waals surface area contributed by atoms with E-state index >= 15 is 0 Å². The summed E-state index contributed by atoms with van der Waals surface area (Å²) in [5, 5.41) is 13.3. The van der Waals surface area contributed by atoms with Gasteiger partial charge in [0.15, 0.2) is 0 Å². The number of fused-ring (bicyclic) bond motifs is 4. The Morgan fingerprint density at radius 3 is 2.63 bits per heavy atom. The number of hydrogen-bond donors (Lipinski definition) is 2. The van der Waals surface area contributed by atoms with Crippen LogP contribution in [0.25, 0.3) is 6.08 Å². The molecule has 3 heterocycles. The van der Waals surface area contributed by atoms with Crippen molar-refractivity contribution in [3.8, 4) is 0 Å². The standard InChI is InChI=1S/C23H29N3O4/c1-2-3-14-8-9-17-20-19(21(28)24-10-13-4-5-13)16(12-27)18(11-25(17)22(14)29)26(20)23(30)15-6-7-15/h2-3,8-9,13,15-16,18-20,27H,4-7,10-12H2,1H3,(H,24,28)/b3-2+/t16-,18-,19+,20+/m1/s1. The molecule has 2 aliphatic carbocycles. The van der Waals surface area contributed by atoms with E-state index in [2.05, 4.69) is 5.32 Å². The maximum Gasteiger partial charge on any atom is 0.258 e. The summed E-state index contributed by atoms with van der Waals surface area (Å²) < 4.78 is 1.72. The Balaban J connectivity index is 1.58. The maximum absolute atomic E-state index is 13.2. The maximum atomic E-state index is 13.2. The lowest BCUT2D eigenvalue weighted by Gasteiger charge is -2.38. The van der Waals surface area contributed by atoms with Gasteiger partial charge in [-0.1, -0.05) is 12.2 Å². The Morgan fingerprint density at radius 2 is 2.00 bits per heavy atom. The number of carbonyl (C=O) groups is 2. The van der Waals surface area contributed by atoms with Crippen LogP contribution in [0.2, 0.25) is 0 Å². The zero-order valence-electron chi connectivity index (χ0n) is 17.3. The third-order valence-electron chi connectivity index (χ3n) is 7.17. The summed E-state index contributed by atoms with van der Waals surface area (Å²) in [5.41, 5.74) is 1.20. The van der Waals surface area contributed by atoms with Crippen LogP contribution in [0.5, 0.6) is 0 Å². The van der Waals surface area contributed by atoms with E-state index in [0.29, 0.717) is 30.3 Å². The van der Waals surface area contributed by atoms with Crippen LogP contribution >= 0.6 is 0 Å². The van der Waals surface area contributed by atoms with Gasteiger partial charge >= 0.3 is 0 Å². The first-order valence-electron chi connectivity index (χ1n) is 11.1. The highest BCUT2D eigenvalue weighted by Crippen LogP contribution is 2.50. The fourth-order valence-corrected chi connectivity index (χ4v) is 5.26. The molecule has 1 saturated heterocycles. The Hall–Kier alpha value is -2.41. The van der Waals surface area contributed by atoms with E-state index in [1.807, 2.05) is 24.0 Å². The molecule has 2 aliphatic heterocycles. The quantitative estimate of drug-likeness (QED) is 0.738. The van der Waals surface area contributed by atoms with E-state index in [1.54, 1.807) is 16.7 Å². The number of rotatable bonds is 6. The second kappa shape index (κ2) is 7.38. The summed E-state index contributed by atoms with van der Waals surface area (Å²) in [6.07, 6.45) is 7.64. The predicted octanol–water partition coefficient (Wildman–Crippen LogP) is 1.31. The van der Waals surface area contributed by atoms with Gasteiger partial charge in [-0.2, -0.15) is 0 Å². The number of nitrogens with zero attached hydrogens (tertiary/aromatic N) is 2. The number of nitrogens with one attached hydrogen (secondary N) is 1. The molecular formula is C23H29N3O4. The van der Waals surface area contributed by atoms with Crippen LogP contribution in [0.4, 0.5) is 0 Å². The van der Waals surface area contributed by atoms with Crippen molar-refractivity contribution in [1.82, 2.24) is 14.8 Å². The lowest BCUT2D eigenvalue weighted by Crippen LogP contribution is -2.49. The van der Waals surface area contributed by atoms with Gasteiger partial charge in [0.1, 0.15) is 0 Å². The SMILES string of the molecule is C/C=C/c1ccc2n(c1=O)C[C@@H]1[C@@H](CO)[C@H](C(=O)NCC3CC3)[C@H]2N1C(=O)C1CC1. The normalized spacial score (nSPS) is 29.9. The van der Waals surface area contributed by atoms with E-state index in [4.69, 9.17) is 0 Å². The number of allylic oxidation sites excluding steroid dienone is 1. The minimum atomic E-state index is -0.540. The molecule has 4 atom stereocenters. The first kappa shape index (κ1) is 19.5. The van der Waals surface area contributed by atoms with E-state index in [1.165, 1.54) is 0 Å². The van der Waals surface area contributed by atoms with Crippen molar-refractivity contribution in [1.29, 1.82) is 0 Å². The van der Waals surface area contributed by atoms with Crippen molar-refractivity contribution in [2.45, 2.75) is 51.2 Å². The van der Waals surface area contributed by atoms with Gasteiger partial charge in [0.2, 0.25) is 11.8 Å². The number of hydrogen-bond acceptors (Lipinski definition) is 4. The molecule has 7 heteroatoms. The van der Waals surface area contributed by atoms with Gasteiger partial charge in [-0.15, -0.1) is 0 Å². The fourth-order valence-electron chi connectivity index (χ4n) is 5.26. The van der Waals surface area contributed by atoms with Gasteiger partial charge in [-0.05, 0) is 50.7 Å². The molecule has 0 aromatic carbocycles. The van der Waals surface area contributed by atoms with Crippen LogP contribution in [0.1, 0.15) is 49.9 Å².